The van der Waals surface area contributed by atoms with Crippen LogP contribution in [-0.4, -0.2) is 33.6 Å². The Bertz CT molecular complexity index is 910. The van der Waals surface area contributed by atoms with Crippen molar-refractivity contribution in [2.45, 2.75) is 6.92 Å². The van der Waals surface area contributed by atoms with E-state index in [-0.39, 0.29) is 12.1 Å². The van der Waals surface area contributed by atoms with Crippen molar-refractivity contribution in [2.75, 3.05) is 11.9 Å². The number of hydrogen-bond donors (Lipinski definition) is 3. The lowest BCUT2D eigenvalue weighted by atomic mass is 10.1. The third-order valence-corrected chi connectivity index (χ3v) is 3.41. The Morgan fingerprint density at radius 2 is 1.85 bits per heavy atom. The van der Waals surface area contributed by atoms with Crippen LogP contribution in [0.25, 0.3) is 0 Å². The van der Waals surface area contributed by atoms with Crippen molar-refractivity contribution < 1.29 is 19.7 Å². The van der Waals surface area contributed by atoms with Gasteiger partial charge in [0.15, 0.2) is 0 Å². The third-order valence-electron chi connectivity index (χ3n) is 3.41. The second kappa shape index (κ2) is 8.38. The van der Waals surface area contributed by atoms with Crippen LogP contribution >= 0.6 is 0 Å². The van der Waals surface area contributed by atoms with E-state index in [1.807, 2.05) is 19.1 Å². The molecule has 140 valence electrons. The van der Waals surface area contributed by atoms with Crippen LogP contribution < -0.4 is 10.7 Å². The molecule has 11 heteroatoms. The van der Waals surface area contributed by atoms with E-state index >= 15 is 0 Å². The van der Waals surface area contributed by atoms with Gasteiger partial charge >= 0.3 is 5.69 Å². The maximum atomic E-state index is 11.7. The van der Waals surface area contributed by atoms with Gasteiger partial charge in [-0.25, -0.2) is 5.43 Å². The Morgan fingerprint density at radius 3 is 2.44 bits per heavy atom. The third kappa shape index (κ3) is 5.22. The summed E-state index contributed by atoms with van der Waals surface area (Å²) in [4.78, 5) is 31.7. The summed E-state index contributed by atoms with van der Waals surface area (Å²) in [5.41, 5.74) is 2.25. The number of aryl methyl sites for hydroxylation is 1. The minimum atomic E-state index is -0.955. The number of hydrogen-bond acceptors (Lipinski definition) is 8. The van der Waals surface area contributed by atoms with Crippen LogP contribution in [0.2, 0.25) is 0 Å². The second-order valence-corrected chi connectivity index (χ2v) is 5.43. The second-order valence-electron chi connectivity index (χ2n) is 5.43. The topological polar surface area (TPSA) is 160 Å². The Morgan fingerprint density at radius 1 is 1.19 bits per heavy atom. The number of nitrogens with one attached hydrogen (secondary N) is 2. The molecule has 0 aliphatic heterocycles. The van der Waals surface area contributed by atoms with Crippen molar-refractivity contribution in [1.29, 1.82) is 0 Å². The van der Waals surface area contributed by atoms with Gasteiger partial charge in [0.05, 0.1) is 34.2 Å². The number of hydrazone groups is 1. The lowest BCUT2D eigenvalue weighted by molar-refractivity contribution is -0.394. The molecule has 3 N–H and O–H groups in total. The molecule has 0 aliphatic carbocycles. The largest absolute Gasteiger partial charge is 0.502 e. The molecule has 0 heterocycles. The van der Waals surface area contributed by atoms with E-state index in [0.29, 0.717) is 6.07 Å². The Balaban J connectivity index is 2.04. The number of nitro groups is 2. The number of amides is 1. The van der Waals surface area contributed by atoms with Gasteiger partial charge < -0.3 is 10.4 Å². The minimum Gasteiger partial charge on any atom is -0.502 e. The van der Waals surface area contributed by atoms with Crippen molar-refractivity contribution in [2.24, 2.45) is 5.10 Å². The summed E-state index contributed by atoms with van der Waals surface area (Å²) in [6.45, 7) is 1.83. The van der Waals surface area contributed by atoms with E-state index in [9.17, 15) is 30.1 Å². The highest BCUT2D eigenvalue weighted by atomic mass is 16.6. The first-order chi connectivity index (χ1) is 12.8. The summed E-state index contributed by atoms with van der Waals surface area (Å²) in [5, 5.41) is 38.0. The molecule has 0 atom stereocenters. The van der Waals surface area contributed by atoms with E-state index < -0.39 is 32.9 Å². The van der Waals surface area contributed by atoms with Crippen LogP contribution in [0, 0.1) is 27.2 Å². The predicted octanol–water partition coefficient (Wildman–Crippen LogP) is 2.08. The molecule has 0 bridgehead atoms. The fourth-order valence-corrected chi connectivity index (χ4v) is 2.04. The number of nitrogens with zero attached hydrogens (tertiary/aromatic N) is 3. The molecule has 0 saturated carbocycles. The zero-order chi connectivity index (χ0) is 20.0. The van der Waals surface area contributed by atoms with Gasteiger partial charge in [0.2, 0.25) is 5.75 Å². The molecule has 1 amide bonds. The van der Waals surface area contributed by atoms with E-state index in [4.69, 9.17) is 0 Å². The molecule has 11 nitrogen and oxygen atoms in total. The highest BCUT2D eigenvalue weighted by Gasteiger charge is 2.23. The van der Waals surface area contributed by atoms with Gasteiger partial charge in [-0.15, -0.1) is 0 Å². The van der Waals surface area contributed by atoms with Crippen LogP contribution in [0.3, 0.4) is 0 Å². The number of carbonyl (C=O) groups excluding carboxylic acids is 1. The molecule has 27 heavy (non-hydrogen) atoms. The molecule has 2 aromatic carbocycles. The SMILES string of the molecule is Cc1ccc(NCC(=O)NN=Cc2cc([N+](=O)[O-])cc([N+](=O)[O-])c2O)cc1. The van der Waals surface area contributed by atoms with E-state index in [1.165, 1.54) is 0 Å². The van der Waals surface area contributed by atoms with E-state index in [2.05, 4.69) is 15.8 Å². The van der Waals surface area contributed by atoms with Crippen LogP contribution in [0.5, 0.6) is 5.75 Å². The highest BCUT2D eigenvalue weighted by Crippen LogP contribution is 2.33. The lowest BCUT2D eigenvalue weighted by Crippen LogP contribution is -2.25. The number of nitro benzene ring substituents is 2. The molecule has 0 unspecified atom stereocenters. The highest BCUT2D eigenvalue weighted by molar-refractivity contribution is 5.88. The fourth-order valence-electron chi connectivity index (χ4n) is 2.04. The standard InChI is InChI=1S/C16H15N5O6/c1-10-2-4-12(5-3-10)17-9-15(22)19-18-8-11-6-13(20(24)25)7-14(16(11)23)21(26)27/h2-8,17,23H,9H2,1H3,(H,19,22). The number of phenolic OH excluding ortho intramolecular Hbond substituents is 1. The van der Waals surface area contributed by atoms with Gasteiger partial charge in [0.1, 0.15) is 0 Å². The van der Waals surface area contributed by atoms with Gasteiger partial charge in [-0.2, -0.15) is 5.10 Å². The zero-order valence-electron chi connectivity index (χ0n) is 14.1. The number of non-ortho nitro benzene ring substituents is 1. The summed E-state index contributed by atoms with van der Waals surface area (Å²) >= 11 is 0. The van der Waals surface area contributed by atoms with Crippen molar-refractivity contribution in [1.82, 2.24) is 5.43 Å². The Kier molecular flexibility index (Phi) is 5.99. The van der Waals surface area contributed by atoms with Crippen LogP contribution in [0.1, 0.15) is 11.1 Å². The predicted molar refractivity (Wildman–Crippen MR) is 96.8 cm³/mol. The Labute approximate surface area is 152 Å². The Hall–Kier alpha value is -4.02. The first-order valence-corrected chi connectivity index (χ1v) is 7.56. The van der Waals surface area contributed by atoms with Gasteiger partial charge in [-0.1, -0.05) is 17.7 Å². The summed E-state index contributed by atoms with van der Waals surface area (Å²) in [5.74, 6) is -1.31. The maximum absolute atomic E-state index is 11.7. The number of rotatable bonds is 7. The average Bonchev–Trinajstić information content (AvgIpc) is 2.62. The van der Waals surface area contributed by atoms with Crippen molar-refractivity contribution in [3.63, 3.8) is 0 Å². The smallest absolute Gasteiger partial charge is 0.318 e. The van der Waals surface area contributed by atoms with Gasteiger partial charge in [0, 0.05) is 11.8 Å². The molecule has 2 rings (SSSR count). The molecule has 0 aliphatic rings. The first-order valence-electron chi connectivity index (χ1n) is 7.56. The molecule has 0 saturated heterocycles. The van der Waals surface area contributed by atoms with E-state index in [0.717, 1.165) is 23.5 Å². The average molecular weight is 373 g/mol. The van der Waals surface area contributed by atoms with Crippen molar-refractivity contribution in [3.05, 3.63) is 67.8 Å². The van der Waals surface area contributed by atoms with Crippen molar-refractivity contribution >= 4 is 29.2 Å². The number of anilines is 1. The molecule has 2 aromatic rings. The van der Waals surface area contributed by atoms with Gasteiger partial charge in [-0.05, 0) is 19.1 Å². The first kappa shape index (κ1) is 19.3. The van der Waals surface area contributed by atoms with Crippen LogP contribution in [0.15, 0.2) is 41.5 Å². The lowest BCUT2D eigenvalue weighted by Gasteiger charge is -2.05. The summed E-state index contributed by atoms with van der Waals surface area (Å²) in [6, 6.07) is 8.88. The minimum absolute atomic E-state index is 0.0958. The summed E-state index contributed by atoms with van der Waals surface area (Å²) in [7, 11) is 0. The molecule has 0 aromatic heterocycles. The summed E-state index contributed by atoms with van der Waals surface area (Å²) < 4.78 is 0. The molecular formula is C16H15N5O6. The molecular weight excluding hydrogens is 358 g/mol. The monoisotopic (exact) mass is 373 g/mol. The molecule has 0 spiro atoms. The maximum Gasteiger partial charge on any atom is 0.318 e. The normalized spacial score (nSPS) is 10.6. The molecule has 0 radical (unpaired) electrons. The van der Waals surface area contributed by atoms with Crippen LogP contribution in [-0.2, 0) is 4.79 Å². The van der Waals surface area contributed by atoms with Crippen molar-refractivity contribution in [3.8, 4) is 5.75 Å². The van der Waals surface area contributed by atoms with Crippen LogP contribution in [0.4, 0.5) is 17.1 Å². The quantitative estimate of drug-likeness (QED) is 0.380. The number of phenols is 1. The van der Waals surface area contributed by atoms with Gasteiger partial charge in [0.25, 0.3) is 11.6 Å². The fraction of sp³-hybridized carbons (Fsp3) is 0.125. The van der Waals surface area contributed by atoms with Gasteiger partial charge in [-0.3, -0.25) is 25.0 Å². The zero-order valence-corrected chi connectivity index (χ0v) is 14.1. The molecule has 0 fully saturated rings. The van der Waals surface area contributed by atoms with E-state index in [1.54, 1.807) is 12.1 Å². The number of carbonyl (C=O) groups is 1. The number of aromatic hydroxyl groups is 1. The number of benzene rings is 2. The summed E-state index contributed by atoms with van der Waals surface area (Å²) in [6.07, 6.45) is 0.888.